The van der Waals surface area contributed by atoms with Crippen molar-refractivity contribution in [1.82, 2.24) is 4.90 Å². The van der Waals surface area contributed by atoms with Crippen molar-refractivity contribution in [3.8, 4) is 0 Å². The Labute approximate surface area is 105 Å². The van der Waals surface area contributed by atoms with E-state index in [0.717, 1.165) is 18.9 Å². The highest BCUT2D eigenvalue weighted by atomic mass is 15.4. The van der Waals surface area contributed by atoms with Gasteiger partial charge in [0.25, 0.3) is 0 Å². The molecular weight excluding hydrogens is 210 g/mol. The van der Waals surface area contributed by atoms with Crippen molar-refractivity contribution in [3.63, 3.8) is 0 Å². The van der Waals surface area contributed by atoms with Gasteiger partial charge in [0.15, 0.2) is 5.96 Å². The molecule has 2 N–H and O–H groups in total. The smallest absolute Gasteiger partial charge is 0.192 e. The second-order valence-corrected chi connectivity index (χ2v) is 6.85. The van der Waals surface area contributed by atoms with Crippen LogP contribution in [0.15, 0.2) is 4.99 Å². The minimum absolute atomic E-state index is 0.197. The van der Waals surface area contributed by atoms with Crippen molar-refractivity contribution in [2.45, 2.75) is 65.5 Å². The molecule has 3 atom stereocenters. The fourth-order valence-corrected chi connectivity index (χ4v) is 4.07. The van der Waals surface area contributed by atoms with Crippen molar-refractivity contribution in [1.29, 1.82) is 0 Å². The zero-order valence-electron chi connectivity index (χ0n) is 12.0. The summed E-state index contributed by atoms with van der Waals surface area (Å²) in [6, 6.07) is 0.498. The average molecular weight is 237 g/mol. The summed E-state index contributed by atoms with van der Waals surface area (Å²) >= 11 is 0. The Hall–Kier alpha value is -0.730. The summed E-state index contributed by atoms with van der Waals surface area (Å²) in [6.45, 7) is 12.5. The highest BCUT2D eigenvalue weighted by Crippen LogP contribution is 2.52. The van der Waals surface area contributed by atoms with Crippen molar-refractivity contribution < 1.29 is 0 Å². The highest BCUT2D eigenvalue weighted by molar-refractivity contribution is 5.81. The first-order valence-electron chi connectivity index (χ1n) is 6.92. The van der Waals surface area contributed by atoms with Gasteiger partial charge in [0.2, 0.25) is 0 Å². The van der Waals surface area contributed by atoms with E-state index in [0.29, 0.717) is 17.4 Å². The van der Waals surface area contributed by atoms with Gasteiger partial charge in [-0.05, 0) is 37.5 Å². The minimum Gasteiger partial charge on any atom is -0.370 e. The zero-order valence-corrected chi connectivity index (χ0v) is 12.0. The Bertz CT molecular complexity index is 334. The van der Waals surface area contributed by atoms with Gasteiger partial charge in [0.1, 0.15) is 0 Å². The van der Waals surface area contributed by atoms with Gasteiger partial charge in [-0.25, -0.2) is 0 Å². The van der Waals surface area contributed by atoms with E-state index in [-0.39, 0.29) is 5.54 Å². The van der Waals surface area contributed by atoms with Crippen LogP contribution in [0.5, 0.6) is 0 Å². The number of aliphatic imine (C=N–C) groups is 1. The van der Waals surface area contributed by atoms with Crippen LogP contribution in [0.25, 0.3) is 0 Å². The fraction of sp³-hybridized carbons (Fsp3) is 0.929. The molecule has 0 aromatic heterocycles. The van der Waals surface area contributed by atoms with Gasteiger partial charge in [-0.1, -0.05) is 27.7 Å². The van der Waals surface area contributed by atoms with Crippen molar-refractivity contribution >= 4 is 5.96 Å². The highest BCUT2D eigenvalue weighted by Gasteiger charge is 2.55. The van der Waals surface area contributed by atoms with Gasteiger partial charge in [-0.2, -0.15) is 0 Å². The largest absolute Gasteiger partial charge is 0.370 e. The summed E-state index contributed by atoms with van der Waals surface area (Å²) in [7, 11) is 0. The molecule has 0 radical (unpaired) electrons. The van der Waals surface area contributed by atoms with Crippen LogP contribution >= 0.6 is 0 Å². The first kappa shape index (κ1) is 12.7. The molecule has 3 heteroatoms. The molecule has 3 nitrogen and oxygen atoms in total. The molecule has 17 heavy (non-hydrogen) atoms. The Kier molecular flexibility index (Phi) is 2.91. The van der Waals surface area contributed by atoms with Crippen molar-refractivity contribution in [3.05, 3.63) is 0 Å². The number of guanidine groups is 1. The third-order valence-corrected chi connectivity index (χ3v) is 4.83. The summed E-state index contributed by atoms with van der Waals surface area (Å²) in [5.74, 6) is 1.44. The van der Waals surface area contributed by atoms with Crippen LogP contribution in [-0.4, -0.2) is 29.0 Å². The maximum Gasteiger partial charge on any atom is 0.192 e. The molecule has 2 rings (SSSR count). The Morgan fingerprint density at radius 1 is 1.53 bits per heavy atom. The van der Waals surface area contributed by atoms with Crippen molar-refractivity contribution in [2.24, 2.45) is 22.1 Å². The van der Waals surface area contributed by atoms with E-state index in [1.54, 1.807) is 0 Å². The average Bonchev–Trinajstić information content (AvgIpc) is 2.65. The zero-order chi connectivity index (χ0) is 12.8. The number of hydrogen-bond acceptors (Lipinski definition) is 3. The predicted molar refractivity (Wildman–Crippen MR) is 73.0 cm³/mol. The quantitative estimate of drug-likeness (QED) is 0.802. The van der Waals surface area contributed by atoms with Gasteiger partial charge in [0.05, 0.1) is 12.1 Å². The normalized spacial score (nSPS) is 37.6. The van der Waals surface area contributed by atoms with E-state index < -0.39 is 0 Å². The second-order valence-electron chi connectivity index (χ2n) is 6.85. The van der Waals surface area contributed by atoms with Crippen LogP contribution in [0, 0.1) is 11.3 Å². The molecule has 1 aliphatic heterocycles. The number of nitrogens with zero attached hydrogens (tertiary/aromatic N) is 2. The van der Waals surface area contributed by atoms with E-state index in [9.17, 15) is 0 Å². The summed E-state index contributed by atoms with van der Waals surface area (Å²) in [4.78, 5) is 6.98. The lowest BCUT2D eigenvalue weighted by Crippen LogP contribution is -2.57. The monoisotopic (exact) mass is 237 g/mol. The summed E-state index contributed by atoms with van der Waals surface area (Å²) in [6.07, 6.45) is 3.63. The molecule has 2 aliphatic rings. The van der Waals surface area contributed by atoms with Crippen LogP contribution in [0.3, 0.4) is 0 Å². The first-order valence-corrected chi connectivity index (χ1v) is 6.92. The molecule has 3 unspecified atom stereocenters. The predicted octanol–water partition coefficient (Wildman–Crippen LogP) is 2.61. The third kappa shape index (κ3) is 1.84. The SMILES string of the molecule is CCC(C)N1C(N)=NCC12CC(C)(C)CC2C. The van der Waals surface area contributed by atoms with Crippen molar-refractivity contribution in [2.75, 3.05) is 6.54 Å². The van der Waals surface area contributed by atoms with E-state index in [4.69, 9.17) is 5.73 Å². The van der Waals surface area contributed by atoms with Crippen LogP contribution in [0.4, 0.5) is 0 Å². The fourth-order valence-electron chi connectivity index (χ4n) is 4.07. The Balaban J connectivity index is 2.32. The lowest BCUT2D eigenvalue weighted by molar-refractivity contribution is 0.111. The second kappa shape index (κ2) is 3.89. The van der Waals surface area contributed by atoms with Crippen LogP contribution in [-0.2, 0) is 0 Å². The summed E-state index contributed by atoms with van der Waals surface area (Å²) < 4.78 is 0. The molecule has 0 saturated heterocycles. The van der Waals surface area contributed by atoms with E-state index >= 15 is 0 Å². The number of nitrogens with two attached hydrogens (primary N) is 1. The van der Waals surface area contributed by atoms with Crippen LogP contribution in [0.2, 0.25) is 0 Å². The molecule has 1 spiro atoms. The topological polar surface area (TPSA) is 41.6 Å². The van der Waals surface area contributed by atoms with Gasteiger partial charge in [-0.3, -0.25) is 4.99 Å². The lowest BCUT2D eigenvalue weighted by atomic mass is 9.84. The van der Waals surface area contributed by atoms with Gasteiger partial charge >= 0.3 is 0 Å². The molecule has 1 heterocycles. The molecule has 1 saturated carbocycles. The molecule has 1 aliphatic carbocycles. The van der Waals surface area contributed by atoms with Gasteiger partial charge in [0, 0.05) is 6.04 Å². The maximum absolute atomic E-state index is 6.14. The van der Waals surface area contributed by atoms with Crippen LogP contribution in [0.1, 0.15) is 53.9 Å². The summed E-state index contributed by atoms with van der Waals surface area (Å²) in [5.41, 5.74) is 6.76. The molecule has 0 amide bonds. The molecular formula is C14H27N3. The molecule has 0 aromatic rings. The van der Waals surface area contributed by atoms with E-state index in [1.165, 1.54) is 12.8 Å². The van der Waals surface area contributed by atoms with Gasteiger partial charge < -0.3 is 10.6 Å². The number of hydrogen-bond donors (Lipinski definition) is 1. The molecule has 0 bridgehead atoms. The number of rotatable bonds is 2. The van der Waals surface area contributed by atoms with Crippen LogP contribution < -0.4 is 5.73 Å². The molecule has 1 fully saturated rings. The maximum atomic E-state index is 6.14. The summed E-state index contributed by atoms with van der Waals surface area (Å²) in [5, 5.41) is 0. The third-order valence-electron chi connectivity index (χ3n) is 4.83. The lowest BCUT2D eigenvalue weighted by Gasteiger charge is -2.43. The molecule has 0 aromatic carbocycles. The minimum atomic E-state index is 0.197. The van der Waals surface area contributed by atoms with E-state index in [1.807, 2.05) is 0 Å². The Morgan fingerprint density at radius 3 is 2.65 bits per heavy atom. The Morgan fingerprint density at radius 2 is 2.18 bits per heavy atom. The molecule has 98 valence electrons. The standard InChI is InChI=1S/C14H27N3/c1-6-11(3)17-12(15)16-9-14(17)8-13(4,5)7-10(14)2/h10-11H,6-9H2,1-5H3,(H2,15,16). The van der Waals surface area contributed by atoms with E-state index in [2.05, 4.69) is 44.5 Å². The first-order chi connectivity index (χ1) is 7.82. The van der Waals surface area contributed by atoms with Gasteiger partial charge in [-0.15, -0.1) is 0 Å².